The van der Waals surface area contributed by atoms with Crippen molar-refractivity contribution in [1.82, 2.24) is 10.2 Å². The maximum Gasteiger partial charge on any atom is 0.407 e. The summed E-state index contributed by atoms with van der Waals surface area (Å²) in [5, 5.41) is 2.89. The lowest BCUT2D eigenvalue weighted by atomic mass is 10.0. The number of nitrogens with zero attached hydrogens (tertiary/aromatic N) is 1. The molecule has 1 N–H and O–H groups in total. The van der Waals surface area contributed by atoms with Gasteiger partial charge in [-0.1, -0.05) is 212 Å². The van der Waals surface area contributed by atoms with Gasteiger partial charge in [0, 0.05) is 32.4 Å². The van der Waals surface area contributed by atoms with E-state index in [4.69, 9.17) is 18.9 Å². The molecular weight excluding hydrogens is 901 g/mol. The van der Waals surface area contributed by atoms with Gasteiger partial charge in [0.25, 0.3) is 0 Å². The molecule has 0 aromatic carbocycles. The molecule has 0 fully saturated rings. The van der Waals surface area contributed by atoms with Crippen LogP contribution in [0.25, 0.3) is 0 Å². The SMILES string of the molecule is CCCCC/C=C\C/C=C\CCCCCCCC(=O)OCC(COC(=O)CCCCCCC/C=C\CCCCCCCC)OC(=O)CCC(CCCCCCCCCCCC)OC(=O)NCCN(CC)CC. The number of alkyl carbamates (subject to hydrolysis) is 1. The molecule has 0 aliphatic carbocycles. The molecule has 0 spiro atoms. The van der Waals surface area contributed by atoms with Crippen molar-refractivity contribution in [2.45, 2.75) is 297 Å². The monoisotopic (exact) mass is 1010 g/mol. The molecule has 0 aliphatic rings. The lowest BCUT2D eigenvalue weighted by molar-refractivity contribution is -0.167. The largest absolute Gasteiger partial charge is 0.462 e. The molecule has 10 heteroatoms. The van der Waals surface area contributed by atoms with Crippen molar-refractivity contribution < 1.29 is 38.1 Å². The van der Waals surface area contributed by atoms with Gasteiger partial charge in [-0.3, -0.25) is 14.4 Å². The Morgan fingerprint density at radius 1 is 0.403 bits per heavy atom. The second-order valence-electron chi connectivity index (χ2n) is 20.3. The molecule has 2 atom stereocenters. The molecule has 0 saturated carbocycles. The van der Waals surface area contributed by atoms with Crippen molar-refractivity contribution >= 4 is 24.0 Å². The van der Waals surface area contributed by atoms with E-state index in [1.807, 2.05) is 0 Å². The van der Waals surface area contributed by atoms with Gasteiger partial charge in [-0.2, -0.15) is 0 Å². The zero-order chi connectivity index (χ0) is 52.6. The minimum Gasteiger partial charge on any atom is -0.462 e. The molecule has 0 saturated heterocycles. The minimum atomic E-state index is -0.922. The lowest BCUT2D eigenvalue weighted by Gasteiger charge is -2.21. The highest BCUT2D eigenvalue weighted by molar-refractivity contribution is 5.71. The van der Waals surface area contributed by atoms with Gasteiger partial charge in [0.2, 0.25) is 0 Å². The predicted octanol–water partition coefficient (Wildman–Crippen LogP) is 17.4. The fraction of sp³-hybridized carbons (Fsp3) is 0.839. The lowest BCUT2D eigenvalue weighted by Crippen LogP contribution is -2.36. The van der Waals surface area contributed by atoms with Crippen molar-refractivity contribution in [3.8, 4) is 0 Å². The number of likely N-dealkylation sites (N-methyl/N-ethyl adjacent to an activating group) is 1. The topological polar surface area (TPSA) is 120 Å². The average Bonchev–Trinajstić information content (AvgIpc) is 3.38. The van der Waals surface area contributed by atoms with Crippen LogP contribution in [-0.2, 0) is 33.3 Å². The van der Waals surface area contributed by atoms with E-state index in [1.165, 1.54) is 116 Å². The highest BCUT2D eigenvalue weighted by atomic mass is 16.6. The van der Waals surface area contributed by atoms with Gasteiger partial charge in [-0.25, -0.2) is 4.79 Å². The molecule has 0 aromatic heterocycles. The third-order valence-electron chi connectivity index (χ3n) is 13.5. The minimum absolute atomic E-state index is 0.0222. The number of nitrogens with one attached hydrogen (secondary N) is 1. The summed E-state index contributed by atoms with van der Waals surface area (Å²) in [4.78, 5) is 54.2. The van der Waals surface area contributed by atoms with Crippen LogP contribution in [0.1, 0.15) is 285 Å². The third-order valence-corrected chi connectivity index (χ3v) is 13.5. The van der Waals surface area contributed by atoms with Crippen LogP contribution in [0.15, 0.2) is 36.5 Å². The van der Waals surface area contributed by atoms with Gasteiger partial charge in [-0.05, 0) is 103 Å². The van der Waals surface area contributed by atoms with E-state index in [2.05, 4.69) is 81.3 Å². The molecule has 420 valence electrons. The quantitative estimate of drug-likeness (QED) is 0.0275. The van der Waals surface area contributed by atoms with Crippen LogP contribution in [0.5, 0.6) is 0 Å². The van der Waals surface area contributed by atoms with E-state index in [0.717, 1.165) is 122 Å². The first-order valence-corrected chi connectivity index (χ1v) is 30.4. The normalized spacial score (nSPS) is 12.6. The Morgan fingerprint density at radius 3 is 1.25 bits per heavy atom. The first kappa shape index (κ1) is 68.9. The summed E-state index contributed by atoms with van der Waals surface area (Å²) in [5.41, 5.74) is 0. The van der Waals surface area contributed by atoms with E-state index >= 15 is 0 Å². The zero-order valence-electron chi connectivity index (χ0n) is 47.7. The van der Waals surface area contributed by atoms with Crippen LogP contribution in [0.3, 0.4) is 0 Å². The number of allylic oxidation sites excluding steroid dienone is 6. The van der Waals surface area contributed by atoms with Crippen molar-refractivity contribution in [1.29, 1.82) is 0 Å². The maximum absolute atomic E-state index is 13.4. The highest BCUT2D eigenvalue weighted by Crippen LogP contribution is 2.18. The van der Waals surface area contributed by atoms with Gasteiger partial charge in [0.15, 0.2) is 6.10 Å². The Balaban J connectivity index is 5.10. The van der Waals surface area contributed by atoms with E-state index in [9.17, 15) is 19.2 Å². The van der Waals surface area contributed by atoms with Crippen molar-refractivity contribution in [3.63, 3.8) is 0 Å². The van der Waals surface area contributed by atoms with Crippen molar-refractivity contribution in [2.24, 2.45) is 0 Å². The number of carbonyl (C=O) groups excluding carboxylic acids is 4. The number of carbonyl (C=O) groups is 4. The number of unbranched alkanes of at least 4 members (excludes halogenated alkanes) is 28. The molecule has 0 heterocycles. The van der Waals surface area contributed by atoms with Crippen molar-refractivity contribution in [2.75, 3.05) is 39.4 Å². The smallest absolute Gasteiger partial charge is 0.407 e. The predicted molar refractivity (Wildman–Crippen MR) is 302 cm³/mol. The zero-order valence-corrected chi connectivity index (χ0v) is 47.7. The van der Waals surface area contributed by atoms with Gasteiger partial charge >= 0.3 is 24.0 Å². The van der Waals surface area contributed by atoms with Gasteiger partial charge in [0.05, 0.1) is 0 Å². The average molecular weight is 1020 g/mol. The number of hydrogen-bond acceptors (Lipinski definition) is 9. The molecular formula is C62H114N2O8. The first-order valence-electron chi connectivity index (χ1n) is 30.4. The second-order valence-corrected chi connectivity index (χ2v) is 20.3. The van der Waals surface area contributed by atoms with Crippen molar-refractivity contribution in [3.05, 3.63) is 36.5 Å². The fourth-order valence-electron chi connectivity index (χ4n) is 8.75. The summed E-state index contributed by atoms with van der Waals surface area (Å²) >= 11 is 0. The Kier molecular flexibility index (Phi) is 53.2. The van der Waals surface area contributed by atoms with Crippen LogP contribution in [-0.4, -0.2) is 80.5 Å². The van der Waals surface area contributed by atoms with E-state index < -0.39 is 24.3 Å². The highest BCUT2D eigenvalue weighted by Gasteiger charge is 2.22. The third kappa shape index (κ3) is 50.4. The van der Waals surface area contributed by atoms with Crippen LogP contribution in [0, 0.1) is 0 Å². The molecule has 2 unspecified atom stereocenters. The first-order chi connectivity index (χ1) is 35.3. The molecule has 0 radical (unpaired) electrons. The summed E-state index contributed by atoms with van der Waals surface area (Å²) < 4.78 is 22.9. The Labute approximate surface area is 443 Å². The fourth-order valence-corrected chi connectivity index (χ4v) is 8.75. The summed E-state index contributed by atoms with van der Waals surface area (Å²) in [7, 11) is 0. The Morgan fingerprint density at radius 2 is 0.792 bits per heavy atom. The van der Waals surface area contributed by atoms with E-state index in [1.54, 1.807) is 0 Å². The summed E-state index contributed by atoms with van der Waals surface area (Å²) in [6.07, 6.45) is 53.0. The summed E-state index contributed by atoms with van der Waals surface area (Å²) in [6.45, 7) is 13.6. The number of rotatable bonds is 54. The van der Waals surface area contributed by atoms with Gasteiger partial charge in [0.1, 0.15) is 19.3 Å². The number of amides is 1. The molecule has 0 aliphatic heterocycles. The van der Waals surface area contributed by atoms with Crippen LogP contribution in [0.2, 0.25) is 0 Å². The molecule has 0 aromatic rings. The van der Waals surface area contributed by atoms with Gasteiger partial charge < -0.3 is 29.2 Å². The molecule has 0 rings (SSSR count). The molecule has 72 heavy (non-hydrogen) atoms. The number of esters is 3. The van der Waals surface area contributed by atoms with Crippen LogP contribution in [0.4, 0.5) is 4.79 Å². The maximum atomic E-state index is 13.4. The molecule has 1 amide bonds. The molecule has 10 nitrogen and oxygen atoms in total. The Bertz CT molecular complexity index is 1310. The summed E-state index contributed by atoms with van der Waals surface area (Å²) in [5.74, 6) is -1.20. The molecule has 0 bridgehead atoms. The van der Waals surface area contributed by atoms with E-state index in [-0.39, 0.29) is 38.0 Å². The van der Waals surface area contributed by atoms with Crippen LogP contribution < -0.4 is 5.32 Å². The summed E-state index contributed by atoms with van der Waals surface area (Å²) in [6, 6.07) is 0. The van der Waals surface area contributed by atoms with E-state index in [0.29, 0.717) is 25.8 Å². The van der Waals surface area contributed by atoms with Gasteiger partial charge in [-0.15, -0.1) is 0 Å². The van der Waals surface area contributed by atoms with Crippen LogP contribution >= 0.6 is 0 Å². The number of hydrogen-bond donors (Lipinski definition) is 1. The standard InChI is InChI=1S/C62H114N2O8/c1-6-11-14-17-20-23-26-28-30-32-34-37-40-43-46-49-59(65)69-55-58(56-70-60(66)50-47-44-41-38-35-33-31-29-27-24-21-18-15-12-7-2)71-61(67)52-51-57(72-62(68)63-53-54-64(9-4)10-5)48-45-42-39-36-25-22-19-16-13-8-3/h20,23,28-31,57-58H,6-19,21-22,24-27,32-56H2,1-5H3,(H,63,68)/b23-20-,30-28-,31-29-. The number of ether oxygens (including phenoxy) is 4. The second kappa shape index (κ2) is 55.6. The Hall–Kier alpha value is -3.14.